The molecule has 0 aliphatic heterocycles. The summed E-state index contributed by atoms with van der Waals surface area (Å²) in [5, 5.41) is 28.2. The van der Waals surface area contributed by atoms with E-state index >= 15 is 0 Å². The number of H-pyrrole nitrogens is 1. The summed E-state index contributed by atoms with van der Waals surface area (Å²) in [5.74, 6) is -2.29. The number of hydrogen-bond acceptors (Lipinski definition) is 12. The van der Waals surface area contributed by atoms with Crippen LogP contribution in [0.4, 0.5) is 11.4 Å². The highest BCUT2D eigenvalue weighted by Crippen LogP contribution is 2.34. The number of nitrogen functional groups attached to an aromatic ring is 2. The minimum atomic E-state index is -1.44. The number of carbonyl (C=O) groups is 2. The average Bonchev–Trinajstić information content (AvgIpc) is 3.46. The average molecular weight is 987 g/mol. The number of pyridine rings is 2. The van der Waals surface area contributed by atoms with E-state index < -0.39 is 18.9 Å². The number of nitrogens with one attached hydrogen (secondary N) is 1. The second kappa shape index (κ2) is 24.8. The van der Waals surface area contributed by atoms with Gasteiger partial charge in [-0.2, -0.15) is 0 Å². The maximum atomic E-state index is 11.9. The lowest BCUT2D eigenvalue weighted by atomic mass is 9.78. The topological polar surface area (TPSA) is 244 Å². The van der Waals surface area contributed by atoms with E-state index in [1.54, 1.807) is 42.6 Å². The van der Waals surface area contributed by atoms with E-state index in [2.05, 4.69) is 38.1 Å². The van der Waals surface area contributed by atoms with Gasteiger partial charge in [0.05, 0.1) is 55.9 Å². The predicted octanol–water partition coefficient (Wildman–Crippen LogP) is 9.82. The first-order valence-corrected chi connectivity index (χ1v) is 23.4. The molecule has 0 spiro atoms. The molecule has 0 aliphatic carbocycles. The molecule has 0 amide bonds. The Kier molecular flexibility index (Phi) is 16.9. The highest BCUT2D eigenvalue weighted by molar-refractivity contribution is 6.61. The van der Waals surface area contributed by atoms with Crippen LogP contribution in [0.1, 0.15) is 10.4 Å². The van der Waals surface area contributed by atoms with E-state index in [4.69, 9.17) is 36.6 Å². The number of fused-ring (bicyclic) bond motifs is 4. The van der Waals surface area contributed by atoms with Gasteiger partial charge in [0.2, 0.25) is 0 Å². The Morgan fingerprint density at radius 1 is 0.440 bits per heavy atom. The number of hydrogen-bond donors (Lipinski definition) is 6. The van der Waals surface area contributed by atoms with Gasteiger partial charge in [0.1, 0.15) is 5.69 Å². The Hall–Kier alpha value is -10.2. The third-order valence-corrected chi connectivity index (χ3v) is 11.4. The van der Waals surface area contributed by atoms with Crippen LogP contribution in [0.5, 0.6) is 0 Å². The Morgan fingerprint density at radius 3 is 1.43 bits per heavy atom. The zero-order valence-corrected chi connectivity index (χ0v) is 40.1. The van der Waals surface area contributed by atoms with Crippen molar-refractivity contribution in [3.8, 4) is 33.8 Å². The molecule has 0 unspecified atom stereocenters. The Balaban J connectivity index is 0.000000133. The van der Waals surface area contributed by atoms with E-state index in [1.165, 1.54) is 12.1 Å². The first-order valence-electron chi connectivity index (χ1n) is 23.4. The summed E-state index contributed by atoms with van der Waals surface area (Å²) in [6.07, 6.45) is 3.40. The van der Waals surface area contributed by atoms with Gasteiger partial charge < -0.3 is 31.6 Å². The summed E-state index contributed by atoms with van der Waals surface area (Å²) >= 11 is 0. The summed E-state index contributed by atoms with van der Waals surface area (Å²) in [5.41, 5.74) is 22.9. The van der Waals surface area contributed by atoms with Crippen molar-refractivity contribution >= 4 is 79.6 Å². The van der Waals surface area contributed by atoms with Crippen molar-refractivity contribution in [2.45, 2.75) is 0 Å². The van der Waals surface area contributed by atoms with Crippen molar-refractivity contribution in [3.63, 3.8) is 0 Å². The van der Waals surface area contributed by atoms with Gasteiger partial charge in [0.25, 0.3) is 11.3 Å². The molecule has 0 atom stereocenters. The summed E-state index contributed by atoms with van der Waals surface area (Å²) in [6, 6.07) is 69.5. The normalized spacial score (nSPS) is 10.3. The van der Waals surface area contributed by atoms with Crippen LogP contribution < -0.4 is 22.5 Å². The van der Waals surface area contributed by atoms with Crippen LogP contribution in [-0.4, -0.2) is 63.9 Å². The Labute approximate surface area is 430 Å². The molecule has 12 aromatic rings. The van der Waals surface area contributed by atoms with Crippen LogP contribution in [0.25, 0.3) is 77.6 Å². The summed E-state index contributed by atoms with van der Waals surface area (Å²) < 4.78 is 0. The predicted molar refractivity (Wildman–Crippen MR) is 299 cm³/mol. The Bertz CT molecular complexity index is 3910. The smallest absolute Gasteiger partial charge is 0.475 e. The van der Waals surface area contributed by atoms with E-state index in [9.17, 15) is 14.4 Å². The quantitative estimate of drug-likeness (QED) is 0.0394. The molecule has 75 heavy (non-hydrogen) atoms. The number of nitrogens with zero attached hydrogens (tertiary/aromatic N) is 5. The molecule has 0 fully saturated rings. The Morgan fingerprint density at radius 2 is 0.867 bits per heavy atom. The van der Waals surface area contributed by atoms with Gasteiger partial charge in [-0.1, -0.05) is 164 Å². The molecule has 0 saturated carbocycles. The zero-order valence-electron chi connectivity index (χ0n) is 40.1. The molecule has 0 bridgehead atoms. The number of carbonyl (C=O) groups excluding carboxylic acids is 1. The molecule has 8 N–H and O–H groups in total. The number of benzene rings is 8. The first kappa shape index (κ1) is 51.1. The minimum Gasteiger partial charge on any atom is -0.475 e. The van der Waals surface area contributed by atoms with Crippen LogP contribution >= 0.6 is 0 Å². The van der Waals surface area contributed by atoms with Gasteiger partial charge >= 0.3 is 13.1 Å². The van der Waals surface area contributed by atoms with Crippen LogP contribution in [0.3, 0.4) is 0 Å². The zero-order chi connectivity index (χ0) is 52.5. The van der Waals surface area contributed by atoms with Crippen molar-refractivity contribution in [2.24, 2.45) is 0 Å². The van der Waals surface area contributed by atoms with Crippen LogP contribution in [0, 0.1) is 0 Å². The number of nitrogens with two attached hydrogens (primary N) is 2. The van der Waals surface area contributed by atoms with Crippen LogP contribution in [0.15, 0.2) is 242 Å². The summed E-state index contributed by atoms with van der Waals surface area (Å²) in [6.45, 7) is 0. The number of anilines is 2. The van der Waals surface area contributed by atoms with Gasteiger partial charge in [-0.15, -0.1) is 0 Å². The van der Waals surface area contributed by atoms with Gasteiger partial charge in [-0.05, 0) is 71.5 Å². The van der Waals surface area contributed by atoms with Crippen molar-refractivity contribution in [1.82, 2.24) is 29.9 Å². The molecule has 0 aliphatic rings. The van der Waals surface area contributed by atoms with Gasteiger partial charge in [-0.3, -0.25) is 19.6 Å². The number of aromatic amines is 1. The van der Waals surface area contributed by atoms with Gasteiger partial charge in [0.15, 0.2) is 0 Å². The lowest BCUT2D eigenvalue weighted by Crippen LogP contribution is -2.30. The molecular weight excluding hydrogens is 940 g/mol. The van der Waals surface area contributed by atoms with Crippen LogP contribution in [0.2, 0.25) is 0 Å². The fourth-order valence-electron chi connectivity index (χ4n) is 7.68. The number of aliphatic carboxylic acids is 1. The fourth-order valence-corrected chi connectivity index (χ4v) is 7.68. The van der Waals surface area contributed by atoms with E-state index in [1.807, 2.05) is 164 Å². The molecule has 0 saturated heterocycles. The summed E-state index contributed by atoms with van der Waals surface area (Å²) in [4.78, 5) is 58.6. The number of carboxylic acids is 1. The first-order chi connectivity index (χ1) is 36.5. The minimum absolute atomic E-state index is 0.157. The molecule has 0 radical (unpaired) electrons. The lowest BCUT2D eigenvalue weighted by Gasteiger charge is -2.12. The van der Waals surface area contributed by atoms with E-state index in [-0.39, 0.29) is 11.1 Å². The summed E-state index contributed by atoms with van der Waals surface area (Å²) in [7, 11) is -1.44. The van der Waals surface area contributed by atoms with E-state index in [0.717, 1.165) is 72.0 Å². The number of carboxylic acid groups (broad SMARTS) is 1. The van der Waals surface area contributed by atoms with E-state index in [0.29, 0.717) is 22.5 Å². The highest BCUT2D eigenvalue weighted by atomic mass is 16.4. The second-order valence-corrected chi connectivity index (χ2v) is 16.4. The van der Waals surface area contributed by atoms with Crippen molar-refractivity contribution in [3.05, 3.63) is 253 Å². The molecule has 15 heteroatoms. The molecule has 14 nitrogen and oxygen atoms in total. The molecule has 8 aromatic carbocycles. The molecule has 4 aromatic heterocycles. The number of Topliss-reactive ketones (excluding diaryl/α,β-unsaturated/α-hetero) is 1. The lowest BCUT2D eigenvalue weighted by molar-refractivity contribution is -0.131. The van der Waals surface area contributed by atoms with Crippen molar-refractivity contribution < 1.29 is 24.7 Å². The number of para-hydroxylation sites is 8. The highest BCUT2D eigenvalue weighted by Gasteiger charge is 2.17. The third-order valence-electron chi connectivity index (χ3n) is 11.4. The van der Waals surface area contributed by atoms with Crippen molar-refractivity contribution in [2.75, 3.05) is 11.5 Å². The molecule has 366 valence electrons. The standard InChI is InChI=1S/C23H15N3.C14H10N2O.C9H8BNO2.C8H6O3.C6H8N2/c1-2-8-16(9-3-1)22-23(26-21-13-7-6-12-20(21)25-22)18-14-15-24-19-11-5-4-10-17(18)19;17-14-13(10-6-2-1-3-7-10)15-11-8-4-5-9-12(11)16-14;12-10(13)8-5-6-11-9-4-2-1-3-7(8)9;9-7(8(10)11)6-4-2-1-3-5-6;7-5-3-1-2-4-6(5)8/h1-15H;1-9H,(H,16,17);1-6,12-13H;1-5H,(H,10,11);1-4H,7-8H2. The largest absolute Gasteiger partial charge is 0.489 e. The molecular formula is C60H47BN8O6. The van der Waals surface area contributed by atoms with Crippen molar-refractivity contribution in [1.29, 1.82) is 0 Å². The van der Waals surface area contributed by atoms with Gasteiger partial charge in [0, 0.05) is 40.0 Å². The maximum absolute atomic E-state index is 11.9. The fraction of sp³-hybridized carbons (Fsp3) is 0. The SMILES string of the molecule is Nc1ccccc1N.O=C(O)C(=O)c1ccccc1.O=c1[nH]c2ccccc2nc1-c1ccccc1.OB(O)c1ccnc2ccccc12.c1ccc(-c2nc3ccccc3nc2-c2ccnc3ccccc23)cc1. The van der Waals surface area contributed by atoms with Gasteiger partial charge in [-0.25, -0.2) is 19.7 Å². The number of aromatic nitrogens is 6. The maximum Gasteiger partial charge on any atom is 0.489 e. The monoisotopic (exact) mass is 986 g/mol. The number of rotatable bonds is 6. The second-order valence-electron chi connectivity index (χ2n) is 16.4. The number of ketones is 1. The molecule has 12 rings (SSSR count). The van der Waals surface area contributed by atoms with Crippen LogP contribution in [-0.2, 0) is 4.79 Å². The third kappa shape index (κ3) is 13.0. The molecule has 4 heterocycles.